The van der Waals surface area contributed by atoms with Gasteiger partial charge in [0, 0.05) is 25.2 Å². The average molecular weight is 456 g/mol. The van der Waals surface area contributed by atoms with Gasteiger partial charge in [0.25, 0.3) is 5.91 Å². The molecule has 1 heterocycles. The Kier molecular flexibility index (Phi) is 7.43. The van der Waals surface area contributed by atoms with Gasteiger partial charge in [-0.15, -0.1) is 0 Å². The molecule has 1 aromatic heterocycles. The molecule has 0 fully saturated rings. The van der Waals surface area contributed by atoms with Crippen LogP contribution in [0.5, 0.6) is 5.75 Å². The molecule has 3 aromatic rings. The SMILES string of the molecule is Cc1nn(Cc2ccc(F)cc2)c(Cl)c1C=CC(=O)c1cccc(OCC(=O)N(C)C)c1. The number of ketones is 1. The van der Waals surface area contributed by atoms with Crippen molar-refractivity contribution in [1.82, 2.24) is 14.7 Å². The summed E-state index contributed by atoms with van der Waals surface area (Å²) in [7, 11) is 3.29. The van der Waals surface area contributed by atoms with Crippen LogP contribution in [0.4, 0.5) is 4.39 Å². The number of hydrogen-bond acceptors (Lipinski definition) is 4. The van der Waals surface area contributed by atoms with Crippen LogP contribution in [0.1, 0.15) is 27.2 Å². The molecule has 0 saturated carbocycles. The van der Waals surface area contributed by atoms with E-state index in [1.54, 1.807) is 68.2 Å². The molecular weight excluding hydrogens is 433 g/mol. The number of amides is 1. The molecule has 0 atom stereocenters. The van der Waals surface area contributed by atoms with Crippen LogP contribution >= 0.6 is 11.6 Å². The fourth-order valence-corrected chi connectivity index (χ4v) is 3.19. The third kappa shape index (κ3) is 5.82. The Bertz CT molecular complexity index is 1150. The number of carbonyl (C=O) groups is 2. The fraction of sp³-hybridized carbons (Fsp3) is 0.208. The van der Waals surface area contributed by atoms with Gasteiger partial charge in [-0.2, -0.15) is 5.10 Å². The predicted octanol–water partition coefficient (Wildman–Crippen LogP) is 4.40. The normalized spacial score (nSPS) is 11.0. The number of nitrogens with zero attached hydrogens (tertiary/aromatic N) is 3. The zero-order valence-electron chi connectivity index (χ0n) is 18.0. The van der Waals surface area contributed by atoms with Crippen LogP contribution in [0.3, 0.4) is 0 Å². The lowest BCUT2D eigenvalue weighted by Crippen LogP contribution is -2.27. The molecular formula is C24H23ClFN3O3. The van der Waals surface area contributed by atoms with E-state index in [0.717, 1.165) is 5.56 Å². The highest BCUT2D eigenvalue weighted by Crippen LogP contribution is 2.23. The molecule has 0 radical (unpaired) electrons. The number of ether oxygens (including phenoxy) is 1. The Balaban J connectivity index is 1.71. The highest BCUT2D eigenvalue weighted by Gasteiger charge is 2.13. The second-order valence-corrected chi connectivity index (χ2v) is 7.73. The molecule has 32 heavy (non-hydrogen) atoms. The smallest absolute Gasteiger partial charge is 0.259 e. The van der Waals surface area contributed by atoms with Crippen molar-refractivity contribution in [3.8, 4) is 5.75 Å². The lowest BCUT2D eigenvalue weighted by atomic mass is 10.1. The van der Waals surface area contributed by atoms with Gasteiger partial charge in [0.2, 0.25) is 0 Å². The Morgan fingerprint density at radius 1 is 1.19 bits per heavy atom. The van der Waals surface area contributed by atoms with Gasteiger partial charge >= 0.3 is 0 Å². The van der Waals surface area contributed by atoms with Crippen LogP contribution in [-0.2, 0) is 11.3 Å². The Hall–Kier alpha value is -3.45. The third-order valence-electron chi connectivity index (χ3n) is 4.74. The van der Waals surface area contributed by atoms with Crippen molar-refractivity contribution in [2.75, 3.05) is 20.7 Å². The highest BCUT2D eigenvalue weighted by atomic mass is 35.5. The zero-order valence-corrected chi connectivity index (χ0v) is 18.8. The summed E-state index contributed by atoms with van der Waals surface area (Å²) in [6.07, 6.45) is 3.04. The second kappa shape index (κ2) is 10.2. The lowest BCUT2D eigenvalue weighted by molar-refractivity contribution is -0.130. The van der Waals surface area contributed by atoms with Gasteiger partial charge < -0.3 is 9.64 Å². The Morgan fingerprint density at radius 3 is 2.59 bits per heavy atom. The summed E-state index contributed by atoms with van der Waals surface area (Å²) >= 11 is 6.47. The van der Waals surface area contributed by atoms with Crippen LogP contribution in [0.2, 0.25) is 5.15 Å². The minimum Gasteiger partial charge on any atom is -0.484 e. The molecule has 8 heteroatoms. The third-order valence-corrected chi connectivity index (χ3v) is 5.13. The van der Waals surface area contributed by atoms with E-state index in [-0.39, 0.29) is 24.1 Å². The number of likely N-dealkylation sites (N-methyl/N-ethyl adjacent to an activating group) is 1. The van der Waals surface area contributed by atoms with Crippen LogP contribution in [0.15, 0.2) is 54.6 Å². The Morgan fingerprint density at radius 2 is 1.91 bits per heavy atom. The second-order valence-electron chi connectivity index (χ2n) is 7.38. The number of aryl methyl sites for hydroxylation is 1. The van der Waals surface area contributed by atoms with E-state index < -0.39 is 0 Å². The molecule has 2 aromatic carbocycles. The van der Waals surface area contributed by atoms with Crippen molar-refractivity contribution >= 4 is 29.4 Å². The first kappa shape index (κ1) is 23.2. The largest absolute Gasteiger partial charge is 0.484 e. The number of allylic oxidation sites excluding steroid dienone is 1. The van der Waals surface area contributed by atoms with E-state index in [4.69, 9.17) is 16.3 Å². The van der Waals surface area contributed by atoms with Gasteiger partial charge in [-0.25, -0.2) is 9.07 Å². The monoisotopic (exact) mass is 455 g/mol. The van der Waals surface area contributed by atoms with Crippen molar-refractivity contribution < 1.29 is 18.7 Å². The predicted molar refractivity (Wildman–Crippen MR) is 121 cm³/mol. The minimum atomic E-state index is -0.308. The van der Waals surface area contributed by atoms with Crippen molar-refractivity contribution in [3.63, 3.8) is 0 Å². The first-order valence-electron chi connectivity index (χ1n) is 9.87. The van der Waals surface area contributed by atoms with E-state index in [1.165, 1.54) is 23.1 Å². The van der Waals surface area contributed by atoms with E-state index in [0.29, 0.717) is 34.3 Å². The van der Waals surface area contributed by atoms with Crippen molar-refractivity contribution in [2.45, 2.75) is 13.5 Å². The number of carbonyl (C=O) groups excluding carboxylic acids is 2. The van der Waals surface area contributed by atoms with Crippen LogP contribution in [0.25, 0.3) is 6.08 Å². The summed E-state index contributed by atoms with van der Waals surface area (Å²) in [5.74, 6) is -0.293. The highest BCUT2D eigenvalue weighted by molar-refractivity contribution is 6.31. The van der Waals surface area contributed by atoms with Gasteiger partial charge in [0.1, 0.15) is 16.7 Å². The summed E-state index contributed by atoms with van der Waals surface area (Å²) in [6, 6.07) is 12.7. The van der Waals surface area contributed by atoms with Gasteiger partial charge in [-0.05, 0) is 48.9 Å². The molecule has 3 rings (SSSR count). The number of halogens is 2. The maximum absolute atomic E-state index is 13.1. The first-order chi connectivity index (χ1) is 15.2. The lowest BCUT2D eigenvalue weighted by Gasteiger charge is -2.11. The van der Waals surface area contributed by atoms with Gasteiger partial charge in [0.15, 0.2) is 12.4 Å². The molecule has 0 aliphatic heterocycles. The summed E-state index contributed by atoms with van der Waals surface area (Å²) in [5.41, 5.74) is 2.57. The molecule has 0 bridgehead atoms. The van der Waals surface area contributed by atoms with Crippen LogP contribution < -0.4 is 4.74 Å². The molecule has 0 N–H and O–H groups in total. The molecule has 0 spiro atoms. The maximum Gasteiger partial charge on any atom is 0.259 e. The topological polar surface area (TPSA) is 64.4 Å². The number of rotatable bonds is 8. The Labute approximate surface area is 190 Å². The molecule has 0 unspecified atom stereocenters. The van der Waals surface area contributed by atoms with Crippen molar-refractivity contribution in [2.24, 2.45) is 0 Å². The minimum absolute atomic E-state index is 0.109. The summed E-state index contributed by atoms with van der Waals surface area (Å²) in [4.78, 5) is 25.8. The van der Waals surface area contributed by atoms with Crippen molar-refractivity contribution in [1.29, 1.82) is 0 Å². The van der Waals surface area contributed by atoms with Gasteiger partial charge in [0.05, 0.1) is 12.2 Å². The molecule has 0 aliphatic carbocycles. The number of hydrogen-bond donors (Lipinski definition) is 0. The van der Waals surface area contributed by atoms with E-state index >= 15 is 0 Å². The fourth-order valence-electron chi connectivity index (χ4n) is 2.89. The quantitative estimate of drug-likeness (QED) is 0.373. The number of benzene rings is 2. The van der Waals surface area contributed by atoms with E-state index in [2.05, 4.69) is 5.10 Å². The molecule has 166 valence electrons. The van der Waals surface area contributed by atoms with Crippen molar-refractivity contribution in [3.05, 3.63) is 88.0 Å². The maximum atomic E-state index is 13.1. The summed E-state index contributed by atoms with van der Waals surface area (Å²) < 4.78 is 20.2. The van der Waals surface area contributed by atoms with Gasteiger partial charge in [-0.3, -0.25) is 9.59 Å². The van der Waals surface area contributed by atoms with Crippen LogP contribution in [-0.4, -0.2) is 47.1 Å². The van der Waals surface area contributed by atoms with E-state index in [9.17, 15) is 14.0 Å². The molecule has 1 amide bonds. The first-order valence-corrected chi connectivity index (χ1v) is 10.2. The van der Waals surface area contributed by atoms with Crippen LogP contribution in [0, 0.1) is 12.7 Å². The average Bonchev–Trinajstić information content (AvgIpc) is 3.04. The molecule has 0 aliphatic rings. The zero-order chi connectivity index (χ0) is 23.3. The number of aromatic nitrogens is 2. The summed E-state index contributed by atoms with van der Waals surface area (Å²) in [6.45, 7) is 2.07. The van der Waals surface area contributed by atoms with Gasteiger partial charge in [-0.1, -0.05) is 35.9 Å². The summed E-state index contributed by atoms with van der Waals surface area (Å²) in [5, 5.41) is 4.80. The molecule has 0 saturated heterocycles. The molecule has 6 nitrogen and oxygen atoms in total. The standard InChI is InChI=1S/C24H23ClFN3O3/c1-16-21(24(25)29(27-16)14-17-7-9-19(26)10-8-17)11-12-22(30)18-5-4-6-20(13-18)32-15-23(31)28(2)3/h4-13H,14-15H2,1-3H3. The van der Waals surface area contributed by atoms with E-state index in [1.807, 2.05) is 0 Å².